The highest BCUT2D eigenvalue weighted by Crippen LogP contribution is 2.30. The number of nitrogens with one attached hydrogen (secondary N) is 1. The molecule has 1 fully saturated rings. The van der Waals surface area contributed by atoms with Crippen LogP contribution in [-0.4, -0.2) is 21.2 Å². The third kappa shape index (κ3) is 2.75. The standard InChI is InChI=1S/C14H21NO2S/c1-10-8-12(13-6-4-5-7-15-13)14(9-11(10)2)18(3,16)17/h8-9,13,15H,4-7H2,1-3H3. The molecule has 1 atom stereocenters. The van der Waals surface area contributed by atoms with Gasteiger partial charge in [-0.2, -0.15) is 0 Å². The number of piperidine rings is 1. The summed E-state index contributed by atoms with van der Waals surface area (Å²) >= 11 is 0. The summed E-state index contributed by atoms with van der Waals surface area (Å²) in [7, 11) is -3.16. The smallest absolute Gasteiger partial charge is 0.175 e. The summed E-state index contributed by atoms with van der Waals surface area (Å²) in [4.78, 5) is 0.491. The van der Waals surface area contributed by atoms with Crippen LogP contribution >= 0.6 is 0 Å². The molecular formula is C14H21NO2S. The van der Waals surface area contributed by atoms with Crippen molar-refractivity contribution in [3.63, 3.8) is 0 Å². The predicted molar refractivity (Wildman–Crippen MR) is 73.6 cm³/mol. The predicted octanol–water partition coefficient (Wildman–Crippen LogP) is 2.52. The van der Waals surface area contributed by atoms with Crippen LogP contribution in [0.4, 0.5) is 0 Å². The Balaban J connectivity index is 2.53. The molecule has 4 heteroatoms. The third-order valence-electron chi connectivity index (χ3n) is 3.71. The van der Waals surface area contributed by atoms with Crippen molar-refractivity contribution < 1.29 is 8.42 Å². The van der Waals surface area contributed by atoms with Crippen LogP contribution in [0.1, 0.15) is 42.0 Å². The average Bonchev–Trinajstić information content (AvgIpc) is 2.32. The summed E-state index contributed by atoms with van der Waals surface area (Å²) in [5.41, 5.74) is 3.14. The summed E-state index contributed by atoms with van der Waals surface area (Å²) in [6.07, 6.45) is 4.65. The molecule has 1 saturated heterocycles. The summed E-state index contributed by atoms with van der Waals surface area (Å²) in [5, 5.41) is 3.43. The van der Waals surface area contributed by atoms with Gasteiger partial charge in [-0.3, -0.25) is 0 Å². The molecule has 1 aliphatic heterocycles. The summed E-state index contributed by atoms with van der Waals surface area (Å²) in [6, 6.07) is 4.04. The molecule has 0 bridgehead atoms. The molecule has 1 heterocycles. The van der Waals surface area contributed by atoms with Gasteiger partial charge in [0.25, 0.3) is 0 Å². The van der Waals surface area contributed by atoms with Crippen molar-refractivity contribution >= 4 is 9.84 Å². The first-order valence-electron chi connectivity index (χ1n) is 6.44. The highest BCUT2D eigenvalue weighted by molar-refractivity contribution is 7.90. The number of hydrogen-bond acceptors (Lipinski definition) is 3. The lowest BCUT2D eigenvalue weighted by Crippen LogP contribution is -2.28. The average molecular weight is 267 g/mol. The topological polar surface area (TPSA) is 46.2 Å². The van der Waals surface area contributed by atoms with Crippen molar-refractivity contribution in [1.29, 1.82) is 0 Å². The monoisotopic (exact) mass is 267 g/mol. The van der Waals surface area contributed by atoms with E-state index in [4.69, 9.17) is 0 Å². The minimum Gasteiger partial charge on any atom is -0.310 e. The van der Waals surface area contributed by atoms with Gasteiger partial charge in [0.1, 0.15) is 0 Å². The van der Waals surface area contributed by atoms with Crippen LogP contribution in [0.3, 0.4) is 0 Å². The first kappa shape index (κ1) is 13.6. The molecule has 2 rings (SSSR count). The Morgan fingerprint density at radius 3 is 2.39 bits per heavy atom. The van der Waals surface area contributed by atoms with Crippen molar-refractivity contribution in [3.05, 3.63) is 28.8 Å². The SMILES string of the molecule is Cc1cc(C2CCCCN2)c(S(C)(=O)=O)cc1C. The number of benzene rings is 1. The van der Waals surface area contributed by atoms with E-state index in [-0.39, 0.29) is 6.04 Å². The van der Waals surface area contributed by atoms with Gasteiger partial charge in [-0.25, -0.2) is 8.42 Å². The maximum absolute atomic E-state index is 11.9. The van der Waals surface area contributed by atoms with Gasteiger partial charge < -0.3 is 5.32 Å². The number of aryl methyl sites for hydroxylation is 2. The van der Waals surface area contributed by atoms with Crippen LogP contribution in [0.2, 0.25) is 0 Å². The lowest BCUT2D eigenvalue weighted by molar-refractivity contribution is 0.407. The largest absolute Gasteiger partial charge is 0.310 e. The van der Waals surface area contributed by atoms with E-state index in [1.54, 1.807) is 0 Å². The number of rotatable bonds is 2. The first-order chi connectivity index (χ1) is 8.39. The van der Waals surface area contributed by atoms with Crippen molar-refractivity contribution in [1.82, 2.24) is 5.32 Å². The van der Waals surface area contributed by atoms with E-state index in [0.717, 1.165) is 36.1 Å². The Hall–Kier alpha value is -0.870. The van der Waals surface area contributed by atoms with Crippen molar-refractivity contribution in [2.75, 3.05) is 12.8 Å². The van der Waals surface area contributed by atoms with E-state index < -0.39 is 9.84 Å². The first-order valence-corrected chi connectivity index (χ1v) is 8.33. The fraction of sp³-hybridized carbons (Fsp3) is 0.571. The van der Waals surface area contributed by atoms with Crippen LogP contribution in [0, 0.1) is 13.8 Å². The molecule has 1 aromatic carbocycles. The van der Waals surface area contributed by atoms with Gasteiger partial charge in [0.2, 0.25) is 0 Å². The van der Waals surface area contributed by atoms with E-state index in [9.17, 15) is 8.42 Å². The van der Waals surface area contributed by atoms with Gasteiger partial charge in [-0.1, -0.05) is 12.5 Å². The quantitative estimate of drug-likeness (QED) is 0.895. The van der Waals surface area contributed by atoms with Crippen molar-refractivity contribution in [2.45, 2.75) is 44.0 Å². The molecular weight excluding hydrogens is 246 g/mol. The molecule has 0 aromatic heterocycles. The molecule has 18 heavy (non-hydrogen) atoms. The van der Waals surface area contributed by atoms with Crippen molar-refractivity contribution in [3.8, 4) is 0 Å². The molecule has 0 aliphatic carbocycles. The molecule has 1 unspecified atom stereocenters. The molecule has 1 aromatic rings. The van der Waals surface area contributed by atoms with Gasteiger partial charge >= 0.3 is 0 Å². The van der Waals surface area contributed by atoms with E-state index in [1.165, 1.54) is 12.7 Å². The van der Waals surface area contributed by atoms with Crippen LogP contribution in [0.15, 0.2) is 17.0 Å². The van der Waals surface area contributed by atoms with E-state index in [2.05, 4.69) is 5.32 Å². The highest BCUT2D eigenvalue weighted by Gasteiger charge is 2.23. The Labute approximate surface area is 110 Å². The molecule has 1 N–H and O–H groups in total. The lowest BCUT2D eigenvalue weighted by atomic mass is 9.95. The molecule has 0 spiro atoms. The zero-order valence-corrected chi connectivity index (χ0v) is 12.1. The summed E-state index contributed by atoms with van der Waals surface area (Å²) < 4.78 is 23.9. The number of hydrogen-bond donors (Lipinski definition) is 1. The summed E-state index contributed by atoms with van der Waals surface area (Å²) in [6.45, 7) is 4.97. The van der Waals surface area contributed by atoms with Gasteiger partial charge in [0.15, 0.2) is 9.84 Å². The Kier molecular flexibility index (Phi) is 3.78. The maximum Gasteiger partial charge on any atom is 0.175 e. The molecule has 3 nitrogen and oxygen atoms in total. The van der Waals surface area contributed by atoms with Gasteiger partial charge in [0.05, 0.1) is 4.90 Å². The number of sulfone groups is 1. The van der Waals surface area contributed by atoms with Crippen LogP contribution < -0.4 is 5.32 Å². The minimum absolute atomic E-state index is 0.183. The Morgan fingerprint density at radius 1 is 1.17 bits per heavy atom. The van der Waals surface area contributed by atoms with Crippen LogP contribution in [0.5, 0.6) is 0 Å². The van der Waals surface area contributed by atoms with E-state index in [0.29, 0.717) is 4.90 Å². The minimum atomic E-state index is -3.16. The Bertz CT molecular complexity index is 543. The maximum atomic E-state index is 11.9. The second-order valence-corrected chi connectivity index (χ2v) is 7.23. The van der Waals surface area contributed by atoms with Crippen molar-refractivity contribution in [2.24, 2.45) is 0 Å². The third-order valence-corrected chi connectivity index (χ3v) is 4.86. The fourth-order valence-corrected chi connectivity index (χ4v) is 3.54. The van der Waals surface area contributed by atoms with Gasteiger partial charge in [-0.15, -0.1) is 0 Å². The lowest BCUT2D eigenvalue weighted by Gasteiger charge is -2.26. The highest BCUT2D eigenvalue weighted by atomic mass is 32.2. The second-order valence-electron chi connectivity index (χ2n) is 5.25. The molecule has 1 aliphatic rings. The Morgan fingerprint density at radius 2 is 1.83 bits per heavy atom. The van der Waals surface area contributed by atoms with Gasteiger partial charge in [0, 0.05) is 12.3 Å². The van der Waals surface area contributed by atoms with E-state index >= 15 is 0 Å². The fourth-order valence-electron chi connectivity index (χ4n) is 2.52. The van der Waals surface area contributed by atoms with Crippen LogP contribution in [0.25, 0.3) is 0 Å². The molecule has 0 amide bonds. The van der Waals surface area contributed by atoms with Crippen LogP contribution in [-0.2, 0) is 9.84 Å². The molecule has 0 radical (unpaired) electrons. The van der Waals surface area contributed by atoms with E-state index in [1.807, 2.05) is 26.0 Å². The summed E-state index contributed by atoms with van der Waals surface area (Å²) in [5.74, 6) is 0. The van der Waals surface area contributed by atoms with Gasteiger partial charge in [-0.05, 0) is 56.0 Å². The molecule has 100 valence electrons. The zero-order valence-electron chi connectivity index (χ0n) is 11.3. The second kappa shape index (κ2) is 5.02. The molecule has 0 saturated carbocycles. The zero-order chi connectivity index (χ0) is 13.3. The normalized spacial score (nSPS) is 20.9.